The van der Waals surface area contributed by atoms with Crippen molar-refractivity contribution in [2.45, 2.75) is 6.04 Å². The lowest BCUT2D eigenvalue weighted by atomic mass is 10.1. The lowest BCUT2D eigenvalue weighted by molar-refractivity contribution is -0.138. The first-order chi connectivity index (χ1) is 7.09. The molecule has 6 heteroatoms. The van der Waals surface area contributed by atoms with Gasteiger partial charge in [0.05, 0.1) is 0 Å². The van der Waals surface area contributed by atoms with E-state index in [1.165, 1.54) is 0 Å². The smallest absolute Gasteiger partial charge is 0.325 e. The van der Waals surface area contributed by atoms with E-state index in [-0.39, 0.29) is 6.79 Å². The largest absolute Gasteiger partial charge is 0.480 e. The highest BCUT2D eigenvalue weighted by Gasteiger charge is 2.22. The van der Waals surface area contributed by atoms with Crippen LogP contribution < -0.4 is 15.2 Å². The Kier molecular flexibility index (Phi) is 2.54. The monoisotopic (exact) mass is 273 g/mol. The number of ether oxygens (including phenoxy) is 2. The number of benzene rings is 1. The first kappa shape index (κ1) is 10.3. The Balaban J connectivity index is 2.44. The molecule has 0 unspecified atom stereocenters. The standard InChI is InChI=1S/C9H8BrNO4/c10-5-2-7-6(14-3-15-7)1-4(5)8(11)9(12)13/h1-2,8H,3,11H2,(H,12,13)/t8-/m0/s1. The molecule has 1 aromatic carbocycles. The van der Waals surface area contributed by atoms with Gasteiger partial charge in [-0.1, -0.05) is 15.9 Å². The van der Waals surface area contributed by atoms with Gasteiger partial charge in [0.2, 0.25) is 6.79 Å². The third-order valence-electron chi connectivity index (χ3n) is 2.09. The fraction of sp³-hybridized carbons (Fsp3) is 0.222. The van der Waals surface area contributed by atoms with Crippen LogP contribution in [-0.2, 0) is 4.79 Å². The molecule has 0 radical (unpaired) electrons. The minimum absolute atomic E-state index is 0.146. The van der Waals surface area contributed by atoms with Gasteiger partial charge in [-0.25, -0.2) is 0 Å². The van der Waals surface area contributed by atoms with Gasteiger partial charge < -0.3 is 20.3 Å². The van der Waals surface area contributed by atoms with E-state index in [1.807, 2.05) is 0 Å². The summed E-state index contributed by atoms with van der Waals surface area (Å²) in [6.45, 7) is 0.146. The van der Waals surface area contributed by atoms with Crippen molar-refractivity contribution in [3.8, 4) is 11.5 Å². The molecule has 0 aliphatic carbocycles. The summed E-state index contributed by atoms with van der Waals surface area (Å²) >= 11 is 3.24. The van der Waals surface area contributed by atoms with Crippen molar-refractivity contribution in [2.24, 2.45) is 5.73 Å². The molecule has 0 saturated carbocycles. The molecular formula is C9H8BrNO4. The molecule has 0 spiro atoms. The highest BCUT2D eigenvalue weighted by molar-refractivity contribution is 9.10. The zero-order valence-electron chi connectivity index (χ0n) is 7.57. The Hall–Kier alpha value is -1.27. The Morgan fingerprint density at radius 3 is 2.67 bits per heavy atom. The molecule has 0 fully saturated rings. The van der Waals surface area contributed by atoms with E-state index in [0.29, 0.717) is 21.5 Å². The number of nitrogens with two attached hydrogens (primary N) is 1. The average Bonchev–Trinajstić information content (AvgIpc) is 2.62. The minimum Gasteiger partial charge on any atom is -0.480 e. The molecule has 0 saturated heterocycles. The van der Waals surface area contributed by atoms with Crippen LogP contribution in [0.3, 0.4) is 0 Å². The van der Waals surface area contributed by atoms with Gasteiger partial charge >= 0.3 is 5.97 Å². The summed E-state index contributed by atoms with van der Waals surface area (Å²) in [5.41, 5.74) is 5.97. The second-order valence-corrected chi connectivity index (χ2v) is 3.90. The van der Waals surface area contributed by atoms with Crippen LogP contribution in [0.15, 0.2) is 16.6 Å². The molecule has 1 atom stereocenters. The molecule has 0 bridgehead atoms. The van der Waals surface area contributed by atoms with E-state index in [4.69, 9.17) is 20.3 Å². The maximum atomic E-state index is 10.7. The van der Waals surface area contributed by atoms with Crippen LogP contribution in [0.1, 0.15) is 11.6 Å². The normalized spacial score (nSPS) is 15.1. The van der Waals surface area contributed by atoms with Crippen molar-refractivity contribution < 1.29 is 19.4 Å². The lowest BCUT2D eigenvalue weighted by Gasteiger charge is -2.10. The van der Waals surface area contributed by atoms with Crippen molar-refractivity contribution in [2.75, 3.05) is 6.79 Å². The van der Waals surface area contributed by atoms with Gasteiger partial charge in [-0.05, 0) is 17.7 Å². The van der Waals surface area contributed by atoms with Crippen molar-refractivity contribution in [3.05, 3.63) is 22.2 Å². The Bertz CT molecular complexity index is 421. The fourth-order valence-corrected chi connectivity index (χ4v) is 1.87. The molecule has 2 rings (SSSR count). The average molecular weight is 274 g/mol. The van der Waals surface area contributed by atoms with E-state index < -0.39 is 12.0 Å². The molecule has 3 N–H and O–H groups in total. The molecule has 1 aromatic rings. The number of hydrogen-bond acceptors (Lipinski definition) is 4. The first-order valence-electron chi connectivity index (χ1n) is 4.17. The number of carboxylic acids is 1. The van der Waals surface area contributed by atoms with Crippen molar-refractivity contribution in [1.29, 1.82) is 0 Å². The van der Waals surface area contributed by atoms with Crippen LogP contribution in [0.25, 0.3) is 0 Å². The summed E-state index contributed by atoms with van der Waals surface area (Å²) in [5, 5.41) is 8.79. The van der Waals surface area contributed by atoms with Crippen LogP contribution in [0.5, 0.6) is 11.5 Å². The van der Waals surface area contributed by atoms with Gasteiger partial charge in [0.25, 0.3) is 0 Å². The van der Waals surface area contributed by atoms with E-state index in [9.17, 15) is 4.79 Å². The topological polar surface area (TPSA) is 81.8 Å². The number of carboxylic acid groups (broad SMARTS) is 1. The molecule has 1 aliphatic rings. The first-order valence-corrected chi connectivity index (χ1v) is 4.96. The van der Waals surface area contributed by atoms with Gasteiger partial charge in [-0.3, -0.25) is 4.79 Å². The Labute approximate surface area is 93.9 Å². The van der Waals surface area contributed by atoms with Crippen LogP contribution in [-0.4, -0.2) is 17.9 Å². The lowest BCUT2D eigenvalue weighted by Crippen LogP contribution is -2.21. The number of hydrogen-bond donors (Lipinski definition) is 2. The van der Waals surface area contributed by atoms with E-state index in [1.54, 1.807) is 12.1 Å². The zero-order chi connectivity index (χ0) is 11.0. The molecule has 15 heavy (non-hydrogen) atoms. The SMILES string of the molecule is N[C@H](C(=O)O)c1cc2c(cc1Br)OCO2. The van der Waals surface area contributed by atoms with E-state index >= 15 is 0 Å². The summed E-state index contributed by atoms with van der Waals surface area (Å²) in [6, 6.07) is 2.15. The van der Waals surface area contributed by atoms with E-state index in [2.05, 4.69) is 15.9 Å². The van der Waals surface area contributed by atoms with Crippen molar-refractivity contribution in [3.63, 3.8) is 0 Å². The maximum Gasteiger partial charge on any atom is 0.325 e. The highest BCUT2D eigenvalue weighted by atomic mass is 79.9. The number of halogens is 1. The summed E-state index contributed by atoms with van der Waals surface area (Å²) in [5.74, 6) is 0.0164. The highest BCUT2D eigenvalue weighted by Crippen LogP contribution is 2.38. The molecule has 0 aromatic heterocycles. The predicted octanol–water partition coefficient (Wildman–Crippen LogP) is 1.26. The second-order valence-electron chi connectivity index (χ2n) is 3.04. The summed E-state index contributed by atoms with van der Waals surface area (Å²) in [6.07, 6.45) is 0. The third-order valence-corrected chi connectivity index (χ3v) is 2.78. The van der Waals surface area contributed by atoms with Crippen molar-refractivity contribution >= 4 is 21.9 Å². The van der Waals surface area contributed by atoms with Crippen LogP contribution >= 0.6 is 15.9 Å². The maximum absolute atomic E-state index is 10.7. The summed E-state index contributed by atoms with van der Waals surface area (Å²) in [4.78, 5) is 10.7. The van der Waals surface area contributed by atoms with Crippen LogP contribution in [0.2, 0.25) is 0 Å². The zero-order valence-corrected chi connectivity index (χ0v) is 9.15. The number of fused-ring (bicyclic) bond motifs is 1. The van der Waals surface area contributed by atoms with Crippen LogP contribution in [0, 0.1) is 0 Å². The Morgan fingerprint density at radius 1 is 1.47 bits per heavy atom. The predicted molar refractivity (Wildman–Crippen MR) is 54.8 cm³/mol. The molecular weight excluding hydrogens is 266 g/mol. The fourth-order valence-electron chi connectivity index (χ4n) is 1.30. The molecule has 1 heterocycles. The quantitative estimate of drug-likeness (QED) is 0.848. The van der Waals surface area contributed by atoms with Gasteiger partial charge in [0.1, 0.15) is 6.04 Å². The van der Waals surface area contributed by atoms with Crippen molar-refractivity contribution in [1.82, 2.24) is 0 Å². The summed E-state index contributed by atoms with van der Waals surface area (Å²) in [7, 11) is 0. The second kappa shape index (κ2) is 3.71. The molecule has 1 aliphatic heterocycles. The summed E-state index contributed by atoms with van der Waals surface area (Å²) < 4.78 is 10.9. The Morgan fingerprint density at radius 2 is 2.07 bits per heavy atom. The minimum atomic E-state index is -1.09. The third kappa shape index (κ3) is 1.78. The number of rotatable bonds is 2. The van der Waals surface area contributed by atoms with Crippen LogP contribution in [0.4, 0.5) is 0 Å². The van der Waals surface area contributed by atoms with Gasteiger partial charge in [0.15, 0.2) is 11.5 Å². The van der Waals surface area contributed by atoms with Gasteiger partial charge in [0, 0.05) is 4.47 Å². The number of aliphatic carboxylic acids is 1. The molecule has 5 nitrogen and oxygen atoms in total. The van der Waals surface area contributed by atoms with Gasteiger partial charge in [-0.2, -0.15) is 0 Å². The van der Waals surface area contributed by atoms with Gasteiger partial charge in [-0.15, -0.1) is 0 Å². The number of carbonyl (C=O) groups is 1. The molecule has 0 amide bonds. The van der Waals surface area contributed by atoms with E-state index in [0.717, 1.165) is 0 Å². The molecule has 80 valence electrons.